The van der Waals surface area contributed by atoms with Crippen LogP contribution in [0.3, 0.4) is 0 Å². The van der Waals surface area contributed by atoms with E-state index in [1.165, 1.54) is 32.5 Å². The van der Waals surface area contributed by atoms with E-state index in [4.69, 9.17) is 15.0 Å². The van der Waals surface area contributed by atoms with Crippen LogP contribution >= 0.6 is 11.3 Å². The molecule has 0 bridgehead atoms. The number of aliphatic hydroxyl groups excluding tert-OH is 1. The van der Waals surface area contributed by atoms with E-state index < -0.39 is 8.07 Å². The summed E-state index contributed by atoms with van der Waals surface area (Å²) < 4.78 is 2.47. The molecule has 0 atom stereocenters. The van der Waals surface area contributed by atoms with Gasteiger partial charge >= 0.3 is 0 Å². The SMILES string of the molecule is CCC(CC)C(=O)/C=C(\O)C(CC)CC.Cc1ccc2[c-]c(-c3ncnc4c3sc3c(C)c(CC(C)(C)C)ccc34)cc([Si](C)(C)C)c2n1.[Ir]. The summed E-state index contributed by atoms with van der Waals surface area (Å²) in [6, 6.07) is 14.7. The Bertz CT molecular complexity index is 1980. The number of carbonyl (C=O) groups is 1. The molecule has 3 heterocycles. The largest absolute Gasteiger partial charge is 0.512 e. The van der Waals surface area contributed by atoms with Crippen LogP contribution in [0.4, 0.5) is 0 Å². The van der Waals surface area contributed by atoms with Crippen molar-refractivity contribution in [3.63, 3.8) is 0 Å². The van der Waals surface area contributed by atoms with Crippen LogP contribution in [0, 0.1) is 37.2 Å². The van der Waals surface area contributed by atoms with Gasteiger partial charge in [0.05, 0.1) is 19.3 Å². The summed E-state index contributed by atoms with van der Waals surface area (Å²) in [5.41, 5.74) is 8.23. The second kappa shape index (κ2) is 17.2. The molecule has 0 saturated heterocycles. The number of allylic oxidation sites excluding steroid dienone is 2. The fraction of sp³-hybridized carbons (Fsp3) is 0.476. The summed E-state index contributed by atoms with van der Waals surface area (Å²) in [6.07, 6.45) is 7.68. The zero-order valence-electron chi connectivity index (χ0n) is 32.2. The van der Waals surface area contributed by atoms with Gasteiger partial charge in [-0.1, -0.05) is 102 Å². The molecular weight excluding hydrogens is 831 g/mol. The third kappa shape index (κ3) is 9.55. The summed E-state index contributed by atoms with van der Waals surface area (Å²) in [6.45, 7) is 26.4. The Hall–Kier alpha value is -2.77. The number of aryl methyl sites for hydroxylation is 2. The van der Waals surface area contributed by atoms with Gasteiger partial charge in [-0.25, -0.2) is 4.98 Å². The van der Waals surface area contributed by atoms with Gasteiger partial charge in [-0.3, -0.25) is 14.8 Å². The second-order valence-corrected chi connectivity index (χ2v) is 21.7. The van der Waals surface area contributed by atoms with Gasteiger partial charge in [0, 0.05) is 64.2 Å². The molecule has 1 N–H and O–H groups in total. The van der Waals surface area contributed by atoms with Crippen molar-refractivity contribution >= 4 is 61.6 Å². The normalized spacial score (nSPS) is 12.5. The Morgan fingerprint density at radius 1 is 0.920 bits per heavy atom. The van der Waals surface area contributed by atoms with Crippen molar-refractivity contribution < 1.29 is 30.0 Å². The van der Waals surface area contributed by atoms with Crippen LogP contribution in [0.15, 0.2) is 48.5 Å². The molecular formula is C42H56IrN3O2SSi-. The van der Waals surface area contributed by atoms with Gasteiger partial charge in [-0.15, -0.1) is 29.5 Å². The van der Waals surface area contributed by atoms with E-state index in [-0.39, 0.29) is 48.9 Å². The molecule has 0 aliphatic rings. The molecule has 0 saturated carbocycles. The van der Waals surface area contributed by atoms with Gasteiger partial charge in [0.15, 0.2) is 5.78 Å². The quantitative estimate of drug-likeness (QED) is 0.0654. The number of ketones is 1. The first kappa shape index (κ1) is 41.6. The predicted molar refractivity (Wildman–Crippen MR) is 214 cm³/mol. The number of aromatic nitrogens is 3. The van der Waals surface area contributed by atoms with Crippen molar-refractivity contribution in [3.05, 3.63) is 71.4 Å². The second-order valence-electron chi connectivity index (χ2n) is 15.7. The number of nitrogens with zero attached hydrogens (tertiary/aromatic N) is 3. The van der Waals surface area contributed by atoms with Crippen LogP contribution in [-0.2, 0) is 31.3 Å². The minimum Gasteiger partial charge on any atom is -0.512 e. The summed E-state index contributed by atoms with van der Waals surface area (Å²) in [7, 11) is -1.65. The first-order valence-corrected chi connectivity index (χ1v) is 22.3. The molecule has 2 aromatic carbocycles. The number of carbonyl (C=O) groups excluding carboxylic acids is 1. The van der Waals surface area contributed by atoms with Crippen LogP contribution in [0.1, 0.15) is 91.0 Å². The monoisotopic (exact) mass is 887 g/mol. The van der Waals surface area contributed by atoms with E-state index >= 15 is 0 Å². The molecule has 50 heavy (non-hydrogen) atoms. The zero-order valence-corrected chi connectivity index (χ0v) is 36.4. The molecule has 0 aliphatic heterocycles. The number of pyridine rings is 1. The summed E-state index contributed by atoms with van der Waals surface area (Å²) >= 11 is 1.82. The number of aliphatic hydroxyl groups is 1. The van der Waals surface area contributed by atoms with E-state index in [9.17, 15) is 9.90 Å². The van der Waals surface area contributed by atoms with Gasteiger partial charge in [-0.05, 0) is 68.0 Å². The average Bonchev–Trinajstić information content (AvgIpc) is 3.42. The molecule has 0 spiro atoms. The first-order chi connectivity index (χ1) is 23.0. The minimum absolute atomic E-state index is 0. The predicted octanol–water partition coefficient (Wildman–Crippen LogP) is 11.5. The summed E-state index contributed by atoms with van der Waals surface area (Å²) in [5.74, 6) is 0.547. The fourth-order valence-corrected chi connectivity index (χ4v) is 9.26. The molecule has 271 valence electrons. The van der Waals surface area contributed by atoms with Crippen molar-refractivity contribution in [3.8, 4) is 11.3 Å². The maximum absolute atomic E-state index is 11.7. The third-order valence-electron chi connectivity index (χ3n) is 9.49. The maximum Gasteiger partial charge on any atom is 0.162 e. The smallest absolute Gasteiger partial charge is 0.162 e. The molecule has 0 amide bonds. The molecule has 1 radical (unpaired) electrons. The van der Waals surface area contributed by atoms with E-state index in [1.807, 2.05) is 39.0 Å². The van der Waals surface area contributed by atoms with Gasteiger partial charge in [-0.2, -0.15) is 0 Å². The Kier molecular flexibility index (Phi) is 14.3. The molecule has 5 rings (SSSR count). The van der Waals surface area contributed by atoms with Crippen LogP contribution in [0.25, 0.3) is 42.5 Å². The Balaban J connectivity index is 0.000000361. The van der Waals surface area contributed by atoms with Crippen LogP contribution in [0.5, 0.6) is 0 Å². The molecule has 0 fully saturated rings. The van der Waals surface area contributed by atoms with Crippen molar-refractivity contribution in [2.75, 3.05) is 0 Å². The van der Waals surface area contributed by atoms with E-state index in [1.54, 1.807) is 6.33 Å². The third-order valence-corrected chi connectivity index (χ3v) is 12.8. The van der Waals surface area contributed by atoms with Crippen molar-refractivity contribution in [1.82, 2.24) is 15.0 Å². The summed E-state index contributed by atoms with van der Waals surface area (Å²) in [5, 5.41) is 13.4. The molecule has 0 aliphatic carbocycles. The summed E-state index contributed by atoms with van der Waals surface area (Å²) in [4.78, 5) is 26.1. The Morgan fingerprint density at radius 3 is 2.14 bits per heavy atom. The number of hydrogen-bond donors (Lipinski definition) is 1. The van der Waals surface area contributed by atoms with Crippen LogP contribution in [-0.4, -0.2) is 33.9 Å². The van der Waals surface area contributed by atoms with E-state index in [2.05, 4.69) is 90.7 Å². The number of fused-ring (bicyclic) bond motifs is 4. The van der Waals surface area contributed by atoms with E-state index in [0.29, 0.717) is 0 Å². The standard InChI is InChI=1S/C29H32N3SSi.C13H24O2.Ir/c1-17-9-10-19-13-21(14-23(24(19)32-17)34(6,7)8)25-28-26(31-16-30-25)22-12-11-20(15-29(3,4)5)18(2)27(22)33-28;1-5-10(6-2)12(14)9-13(15)11(7-3)8-4;/h9-12,14,16H,15H2,1-8H3;9-11,14H,5-8H2,1-4H3;/q-1;;/b;12-9-;. The molecule has 5 nitrogen and oxygen atoms in total. The molecule has 5 aromatic rings. The fourth-order valence-electron chi connectivity index (χ4n) is 6.50. The molecule has 8 heteroatoms. The maximum atomic E-state index is 11.7. The zero-order chi connectivity index (χ0) is 36.3. The first-order valence-electron chi connectivity index (χ1n) is 18.0. The number of benzene rings is 2. The van der Waals surface area contributed by atoms with Gasteiger partial charge in [0.2, 0.25) is 0 Å². The van der Waals surface area contributed by atoms with Crippen LogP contribution < -0.4 is 5.19 Å². The van der Waals surface area contributed by atoms with Gasteiger partial charge in [0.25, 0.3) is 0 Å². The van der Waals surface area contributed by atoms with Crippen molar-refractivity contribution in [1.29, 1.82) is 0 Å². The minimum atomic E-state index is -1.65. The topological polar surface area (TPSA) is 76.0 Å². The number of hydrogen-bond acceptors (Lipinski definition) is 6. The Morgan fingerprint density at radius 2 is 1.56 bits per heavy atom. The number of thiophene rings is 1. The molecule has 0 unspecified atom stereocenters. The van der Waals surface area contributed by atoms with Crippen molar-refractivity contribution in [2.45, 2.75) is 114 Å². The van der Waals surface area contributed by atoms with Crippen molar-refractivity contribution in [2.24, 2.45) is 17.3 Å². The molecule has 3 aromatic heterocycles. The van der Waals surface area contributed by atoms with Gasteiger partial charge < -0.3 is 5.11 Å². The average molecular weight is 887 g/mol. The number of rotatable bonds is 10. The van der Waals surface area contributed by atoms with Gasteiger partial charge in [0.1, 0.15) is 6.33 Å². The van der Waals surface area contributed by atoms with E-state index in [0.717, 1.165) is 70.2 Å². The Labute approximate surface area is 318 Å². The van der Waals surface area contributed by atoms with Crippen LogP contribution in [0.2, 0.25) is 19.6 Å².